The standard InChI is InChI=1S/C17H14N2O7S.Na/c1-26-13(20)6-5-10-9-27(24,25)16-12(8-11-4-2-3-7-18-11)15(21)19(16)14(10)17(22)23;/h2-8,16H,9H2,1H3,(H,22,23);/q;+1/p-1/b6-5+,12-8-;/t16-;/m1./s1. The van der Waals surface area contributed by atoms with E-state index in [1.807, 2.05) is 0 Å². The van der Waals surface area contributed by atoms with E-state index in [9.17, 15) is 27.9 Å². The molecule has 1 saturated heterocycles. The van der Waals surface area contributed by atoms with E-state index in [0.717, 1.165) is 19.3 Å². The van der Waals surface area contributed by atoms with E-state index in [1.54, 1.807) is 18.2 Å². The Bertz CT molecular complexity index is 1030. The molecule has 0 bridgehead atoms. The van der Waals surface area contributed by atoms with Gasteiger partial charge in [-0.3, -0.25) is 14.7 Å². The number of nitrogens with zero attached hydrogens (tertiary/aromatic N) is 2. The number of methoxy groups -OCH3 is 1. The smallest absolute Gasteiger partial charge is 0.543 e. The molecular formula is C17H13N2NaO7S. The van der Waals surface area contributed by atoms with Gasteiger partial charge in [-0.15, -0.1) is 0 Å². The van der Waals surface area contributed by atoms with Crippen molar-refractivity contribution in [3.63, 3.8) is 0 Å². The number of carboxylic acid groups (broad SMARTS) is 1. The fraction of sp³-hybridized carbons (Fsp3) is 0.176. The van der Waals surface area contributed by atoms with Gasteiger partial charge in [0.15, 0.2) is 15.2 Å². The summed E-state index contributed by atoms with van der Waals surface area (Å²) in [5.74, 6) is -3.97. The second-order valence-corrected chi connectivity index (χ2v) is 7.77. The average molecular weight is 412 g/mol. The number of sulfone groups is 1. The number of hydrogen-bond donors (Lipinski definition) is 0. The molecule has 2 aliphatic heterocycles. The normalized spacial score (nSPS) is 21.8. The van der Waals surface area contributed by atoms with Crippen LogP contribution < -0.4 is 34.7 Å². The van der Waals surface area contributed by atoms with Crippen molar-refractivity contribution in [3.05, 3.63) is 59.1 Å². The van der Waals surface area contributed by atoms with Crippen molar-refractivity contribution >= 4 is 33.8 Å². The van der Waals surface area contributed by atoms with E-state index < -0.39 is 44.5 Å². The number of carboxylic acids is 1. The summed E-state index contributed by atoms with van der Waals surface area (Å²) in [6, 6.07) is 4.90. The number of amides is 1. The molecule has 9 nitrogen and oxygen atoms in total. The third kappa shape index (κ3) is 3.95. The van der Waals surface area contributed by atoms with E-state index >= 15 is 0 Å². The summed E-state index contributed by atoms with van der Waals surface area (Å²) in [4.78, 5) is 39.9. The average Bonchev–Trinajstić information content (AvgIpc) is 2.63. The van der Waals surface area contributed by atoms with E-state index in [-0.39, 0.29) is 40.7 Å². The van der Waals surface area contributed by atoms with Gasteiger partial charge in [0.25, 0.3) is 5.91 Å². The summed E-state index contributed by atoms with van der Waals surface area (Å²) >= 11 is 0. The molecule has 3 heterocycles. The maximum absolute atomic E-state index is 12.6. The summed E-state index contributed by atoms with van der Waals surface area (Å²) in [6.45, 7) is 0. The summed E-state index contributed by atoms with van der Waals surface area (Å²) in [6.07, 6.45) is 4.66. The molecule has 1 amide bonds. The molecule has 3 rings (SSSR count). The molecular weight excluding hydrogens is 399 g/mol. The number of β-lactam (4-membered cyclic amide) rings is 1. The monoisotopic (exact) mass is 412 g/mol. The molecule has 0 aliphatic carbocycles. The summed E-state index contributed by atoms with van der Waals surface area (Å²) in [7, 11) is -2.83. The molecule has 0 aromatic carbocycles. The molecule has 0 spiro atoms. The van der Waals surface area contributed by atoms with Crippen molar-refractivity contribution in [2.75, 3.05) is 12.9 Å². The van der Waals surface area contributed by atoms with Crippen LogP contribution in [0.1, 0.15) is 5.69 Å². The van der Waals surface area contributed by atoms with Crippen molar-refractivity contribution in [2.24, 2.45) is 0 Å². The molecule has 1 atom stereocenters. The Morgan fingerprint density at radius 3 is 2.64 bits per heavy atom. The number of fused-ring (bicyclic) bond motifs is 1. The van der Waals surface area contributed by atoms with Crippen LogP contribution >= 0.6 is 0 Å². The molecule has 1 aromatic heterocycles. The molecule has 0 radical (unpaired) electrons. The predicted molar refractivity (Wildman–Crippen MR) is 89.8 cm³/mol. The number of pyridine rings is 1. The Morgan fingerprint density at radius 2 is 2.07 bits per heavy atom. The second kappa shape index (κ2) is 8.39. The minimum absolute atomic E-state index is 0. The largest absolute Gasteiger partial charge is 1.00 e. The molecule has 0 unspecified atom stereocenters. The van der Waals surface area contributed by atoms with Crippen LogP contribution in [0.15, 0.2) is 53.4 Å². The Labute approximate surface area is 182 Å². The number of allylic oxidation sites excluding steroid dienone is 1. The molecule has 11 heteroatoms. The van der Waals surface area contributed by atoms with Gasteiger partial charge in [-0.1, -0.05) is 6.07 Å². The van der Waals surface area contributed by atoms with Gasteiger partial charge >= 0.3 is 35.5 Å². The van der Waals surface area contributed by atoms with Gasteiger partial charge in [0, 0.05) is 12.3 Å². The van der Waals surface area contributed by atoms with Gasteiger partial charge in [0.2, 0.25) is 0 Å². The van der Waals surface area contributed by atoms with Crippen LogP contribution in [-0.2, 0) is 29.0 Å². The molecule has 140 valence electrons. The first-order valence-electron chi connectivity index (χ1n) is 7.64. The quantitative estimate of drug-likeness (QED) is 0.210. The third-order valence-electron chi connectivity index (χ3n) is 4.01. The first-order chi connectivity index (χ1) is 12.8. The number of aromatic nitrogens is 1. The van der Waals surface area contributed by atoms with Crippen LogP contribution in [0.3, 0.4) is 0 Å². The Hall–Kier alpha value is -2.27. The van der Waals surface area contributed by atoms with Gasteiger partial charge in [-0.25, -0.2) is 13.2 Å². The van der Waals surface area contributed by atoms with Crippen LogP contribution in [0.5, 0.6) is 0 Å². The van der Waals surface area contributed by atoms with Gasteiger partial charge in [-0.2, -0.15) is 0 Å². The number of carbonyl (C=O) groups excluding carboxylic acids is 3. The second-order valence-electron chi connectivity index (χ2n) is 5.71. The van der Waals surface area contributed by atoms with Crippen molar-refractivity contribution in [3.8, 4) is 0 Å². The minimum atomic E-state index is -3.94. The zero-order valence-electron chi connectivity index (χ0n) is 15.0. The van der Waals surface area contributed by atoms with E-state index in [0.29, 0.717) is 10.6 Å². The topological polar surface area (TPSA) is 134 Å². The molecule has 1 fully saturated rings. The van der Waals surface area contributed by atoms with Gasteiger partial charge in [-0.05, 0) is 29.9 Å². The zero-order chi connectivity index (χ0) is 19.8. The molecule has 2 aliphatic rings. The number of rotatable bonds is 4. The van der Waals surface area contributed by atoms with E-state index in [4.69, 9.17) is 0 Å². The van der Waals surface area contributed by atoms with E-state index in [1.165, 1.54) is 12.3 Å². The van der Waals surface area contributed by atoms with Crippen molar-refractivity contribution in [1.82, 2.24) is 9.88 Å². The Balaban J connectivity index is 0.00000280. The predicted octanol–water partition coefficient (Wildman–Crippen LogP) is -4.20. The van der Waals surface area contributed by atoms with Crippen LogP contribution in [0, 0.1) is 0 Å². The summed E-state index contributed by atoms with van der Waals surface area (Å²) < 4.78 is 29.7. The molecule has 0 saturated carbocycles. The van der Waals surface area contributed by atoms with Crippen molar-refractivity contribution in [1.29, 1.82) is 0 Å². The number of esters is 1. The fourth-order valence-corrected chi connectivity index (χ4v) is 4.77. The summed E-state index contributed by atoms with van der Waals surface area (Å²) in [5, 5.41) is 10.1. The minimum Gasteiger partial charge on any atom is -0.543 e. The Kier molecular flexibility index (Phi) is 6.60. The third-order valence-corrected chi connectivity index (χ3v) is 5.87. The summed E-state index contributed by atoms with van der Waals surface area (Å²) in [5.41, 5.74) is -0.533. The van der Waals surface area contributed by atoms with Crippen molar-refractivity contribution in [2.45, 2.75) is 5.37 Å². The zero-order valence-corrected chi connectivity index (χ0v) is 17.8. The van der Waals surface area contributed by atoms with Crippen molar-refractivity contribution < 1.29 is 62.2 Å². The van der Waals surface area contributed by atoms with Crippen LogP contribution in [0.4, 0.5) is 0 Å². The van der Waals surface area contributed by atoms with Gasteiger partial charge in [0.05, 0.1) is 35.8 Å². The number of aliphatic carboxylic acids is 1. The van der Waals surface area contributed by atoms with Crippen LogP contribution in [0.2, 0.25) is 0 Å². The number of ether oxygens (including phenoxy) is 1. The molecule has 1 aromatic rings. The van der Waals surface area contributed by atoms with Crippen LogP contribution in [-0.4, -0.2) is 54.4 Å². The number of carbonyl (C=O) groups is 3. The molecule has 0 N–H and O–H groups in total. The molecule has 28 heavy (non-hydrogen) atoms. The van der Waals surface area contributed by atoms with E-state index in [2.05, 4.69) is 9.72 Å². The SMILES string of the molecule is COC(=O)/C=C/C1=C(C(=O)[O-])N2C(=O)/C(=C/c3ccccn3)[C@H]2S(=O)(=O)C1.[Na+]. The first-order valence-corrected chi connectivity index (χ1v) is 9.36. The van der Waals surface area contributed by atoms with Gasteiger partial charge in [0.1, 0.15) is 0 Å². The number of hydrogen-bond acceptors (Lipinski definition) is 8. The first kappa shape index (κ1) is 22.0. The fourth-order valence-electron chi connectivity index (χ4n) is 2.86. The maximum Gasteiger partial charge on any atom is 1.00 e. The van der Waals surface area contributed by atoms with Crippen LogP contribution in [0.25, 0.3) is 6.08 Å². The maximum atomic E-state index is 12.6. The Morgan fingerprint density at radius 1 is 1.36 bits per heavy atom. The van der Waals surface area contributed by atoms with Gasteiger partial charge < -0.3 is 14.6 Å².